The second kappa shape index (κ2) is 7.98. The van der Waals surface area contributed by atoms with Gasteiger partial charge in [-0.25, -0.2) is 9.97 Å². The van der Waals surface area contributed by atoms with Gasteiger partial charge in [0.15, 0.2) is 8.32 Å². The maximum atomic E-state index is 12.4. The summed E-state index contributed by atoms with van der Waals surface area (Å²) in [5, 5.41) is 2.89. The summed E-state index contributed by atoms with van der Waals surface area (Å²) in [7, 11) is -5.33. The van der Waals surface area contributed by atoms with E-state index < -0.39 is 24.9 Å². The predicted octanol–water partition coefficient (Wildman–Crippen LogP) is 3.73. The van der Waals surface area contributed by atoms with E-state index in [2.05, 4.69) is 59.5 Å². The Balaban J connectivity index is 3.11. The van der Waals surface area contributed by atoms with Gasteiger partial charge in [-0.3, -0.25) is 4.79 Å². The minimum atomic E-state index is -1.89. The van der Waals surface area contributed by atoms with Gasteiger partial charge < -0.3 is 19.2 Å². The lowest BCUT2D eigenvalue weighted by Crippen LogP contribution is -2.35. The summed E-state index contributed by atoms with van der Waals surface area (Å²) in [5.74, 6) is 0.788. The Bertz CT molecular complexity index is 573. The smallest absolute Gasteiger partial charge is 0.249 e. The number of carbonyl (C=O) groups excluding carboxylic acids is 1. The molecule has 0 radical (unpaired) electrons. The van der Waals surface area contributed by atoms with E-state index in [1.807, 2.05) is 19.6 Å². The molecule has 0 aliphatic rings. The van der Waals surface area contributed by atoms with Gasteiger partial charge in [-0.15, -0.1) is 0 Å². The highest BCUT2D eigenvalue weighted by Gasteiger charge is 2.25. The zero-order chi connectivity index (χ0) is 19.5. The molecular formula is C15H32N4O3Si3. The summed E-state index contributed by atoms with van der Waals surface area (Å²) in [5.41, 5.74) is 0.497. The van der Waals surface area contributed by atoms with Crippen LogP contribution >= 0.6 is 0 Å². The molecule has 0 bridgehead atoms. The van der Waals surface area contributed by atoms with Crippen molar-refractivity contribution in [2.24, 2.45) is 0 Å². The minimum absolute atomic E-state index is 0.0173. The predicted molar refractivity (Wildman–Crippen MR) is 111 cm³/mol. The first kappa shape index (κ1) is 21.8. The number of anilines is 2. The molecule has 10 heteroatoms. The lowest BCUT2D eigenvalue weighted by atomic mass is 10.4. The van der Waals surface area contributed by atoms with Crippen molar-refractivity contribution in [2.45, 2.75) is 58.9 Å². The Morgan fingerprint density at radius 2 is 1.60 bits per heavy atom. The van der Waals surface area contributed by atoms with E-state index in [-0.39, 0.29) is 12.5 Å². The summed E-state index contributed by atoms with van der Waals surface area (Å²) < 4.78 is 11.7. The van der Waals surface area contributed by atoms with Crippen LogP contribution in [0.15, 0.2) is 6.33 Å². The van der Waals surface area contributed by atoms with Crippen molar-refractivity contribution in [1.82, 2.24) is 9.97 Å². The first-order valence-electron chi connectivity index (χ1n) is 8.42. The summed E-state index contributed by atoms with van der Waals surface area (Å²) in [6, 6.07) is 0. The zero-order valence-corrected chi connectivity index (χ0v) is 19.9. The second-order valence-corrected chi connectivity index (χ2v) is 22.6. The largest absolute Gasteiger partial charge is 0.530 e. The highest BCUT2D eigenvalue weighted by Crippen LogP contribution is 2.31. The molecule has 2 N–H and O–H groups in total. The number of hydrogen-bond donors (Lipinski definition) is 2. The lowest BCUT2D eigenvalue weighted by molar-refractivity contribution is -0.118. The van der Waals surface area contributed by atoms with Crippen LogP contribution < -0.4 is 14.7 Å². The molecule has 1 rings (SSSR count). The Morgan fingerprint density at radius 1 is 1.00 bits per heavy atom. The SMILES string of the molecule is C[Si](C)(C)Nc1ncnc(O[Si](C)(C)C)c1NC(=O)CO[Si](C)(C)C. The molecule has 25 heavy (non-hydrogen) atoms. The number of hydrogen-bond acceptors (Lipinski definition) is 6. The molecule has 0 unspecified atom stereocenters. The van der Waals surface area contributed by atoms with Gasteiger partial charge in [0.2, 0.25) is 20.1 Å². The lowest BCUT2D eigenvalue weighted by Gasteiger charge is -2.25. The van der Waals surface area contributed by atoms with E-state index in [1.165, 1.54) is 6.33 Å². The van der Waals surface area contributed by atoms with Crippen LogP contribution in [0.1, 0.15) is 0 Å². The van der Waals surface area contributed by atoms with Crippen LogP contribution in [0.2, 0.25) is 58.9 Å². The molecule has 0 spiro atoms. The summed E-state index contributed by atoms with van der Waals surface area (Å²) in [4.78, 5) is 24.4. The van der Waals surface area contributed by atoms with E-state index >= 15 is 0 Å². The molecular weight excluding hydrogens is 368 g/mol. The molecule has 1 aromatic rings. The molecule has 0 saturated heterocycles. The fraction of sp³-hybridized carbons (Fsp3) is 0.667. The Labute approximate surface area is 154 Å². The second-order valence-electron chi connectivity index (χ2n) is 8.94. The van der Waals surface area contributed by atoms with Crippen molar-refractivity contribution < 1.29 is 13.6 Å². The molecule has 1 amide bonds. The van der Waals surface area contributed by atoms with Crippen LogP contribution in [0.4, 0.5) is 11.5 Å². The zero-order valence-electron chi connectivity index (χ0n) is 16.9. The number of nitrogens with zero attached hydrogens (tertiary/aromatic N) is 2. The average molecular weight is 401 g/mol. The van der Waals surface area contributed by atoms with Crippen molar-refractivity contribution in [3.05, 3.63) is 6.33 Å². The van der Waals surface area contributed by atoms with Gasteiger partial charge in [0, 0.05) is 0 Å². The van der Waals surface area contributed by atoms with Gasteiger partial charge in [0.25, 0.3) is 0 Å². The number of rotatable bonds is 8. The van der Waals surface area contributed by atoms with Crippen LogP contribution in [-0.2, 0) is 9.22 Å². The van der Waals surface area contributed by atoms with Gasteiger partial charge in [-0.05, 0) is 39.3 Å². The van der Waals surface area contributed by atoms with E-state index in [9.17, 15) is 4.79 Å². The highest BCUT2D eigenvalue weighted by atomic mass is 28.4. The highest BCUT2D eigenvalue weighted by molar-refractivity contribution is 6.79. The molecule has 0 atom stereocenters. The van der Waals surface area contributed by atoms with E-state index in [0.29, 0.717) is 17.4 Å². The monoisotopic (exact) mass is 400 g/mol. The first-order chi connectivity index (χ1) is 11.2. The normalized spacial score (nSPS) is 12.7. The topological polar surface area (TPSA) is 85.4 Å². The molecule has 7 nitrogen and oxygen atoms in total. The number of nitrogens with one attached hydrogen (secondary N) is 2. The van der Waals surface area contributed by atoms with Crippen molar-refractivity contribution in [2.75, 3.05) is 16.9 Å². The third-order valence-electron chi connectivity index (χ3n) is 2.61. The van der Waals surface area contributed by atoms with Gasteiger partial charge in [-0.2, -0.15) is 0 Å². The van der Waals surface area contributed by atoms with Crippen molar-refractivity contribution in [3.63, 3.8) is 0 Å². The van der Waals surface area contributed by atoms with Crippen LogP contribution in [0, 0.1) is 0 Å². The van der Waals surface area contributed by atoms with Crippen LogP contribution in [0.5, 0.6) is 5.88 Å². The molecule has 0 fully saturated rings. The molecule has 1 aromatic heterocycles. The maximum absolute atomic E-state index is 12.4. The molecule has 0 aliphatic carbocycles. The third kappa shape index (κ3) is 9.14. The summed E-state index contributed by atoms with van der Waals surface area (Å²) >= 11 is 0. The van der Waals surface area contributed by atoms with Crippen molar-refractivity contribution >= 4 is 42.3 Å². The van der Waals surface area contributed by atoms with Crippen molar-refractivity contribution in [1.29, 1.82) is 0 Å². The number of carbonyl (C=O) groups is 1. The molecule has 142 valence electrons. The van der Waals surface area contributed by atoms with Crippen LogP contribution in [0.3, 0.4) is 0 Å². The van der Waals surface area contributed by atoms with Crippen LogP contribution in [-0.4, -0.2) is 47.4 Å². The quantitative estimate of drug-likeness (QED) is 0.647. The maximum Gasteiger partial charge on any atom is 0.249 e. The van der Waals surface area contributed by atoms with E-state index in [0.717, 1.165) is 0 Å². The van der Waals surface area contributed by atoms with Gasteiger partial charge in [0.05, 0.1) is 0 Å². The van der Waals surface area contributed by atoms with Gasteiger partial charge >= 0.3 is 0 Å². The van der Waals surface area contributed by atoms with E-state index in [1.54, 1.807) is 0 Å². The Hall–Kier alpha value is -1.24. The molecule has 0 saturated carbocycles. The standard InChI is InChI=1S/C15H32N4O3Si3/c1-23(2,3)19-14-13(18-12(20)10-21-24(4,5)6)15(17-11-16-14)22-25(7,8)9/h11H,10H2,1-9H3,(H,18,20)(H,16,17,19). The number of aromatic nitrogens is 2. The molecule has 0 aromatic carbocycles. The molecule has 0 aliphatic heterocycles. The van der Waals surface area contributed by atoms with Gasteiger partial charge in [0.1, 0.15) is 32.7 Å². The first-order valence-corrected chi connectivity index (χ1v) is 18.7. The summed E-state index contributed by atoms with van der Waals surface area (Å²) in [6.07, 6.45) is 1.46. The van der Waals surface area contributed by atoms with Crippen LogP contribution in [0.25, 0.3) is 0 Å². The average Bonchev–Trinajstić information content (AvgIpc) is 2.36. The van der Waals surface area contributed by atoms with E-state index in [4.69, 9.17) is 8.85 Å². The molecule has 1 heterocycles. The fourth-order valence-corrected chi connectivity index (χ4v) is 3.96. The summed E-state index contributed by atoms with van der Waals surface area (Å²) in [6.45, 7) is 18.8. The Morgan fingerprint density at radius 3 is 2.08 bits per heavy atom. The fourth-order valence-electron chi connectivity index (χ4n) is 1.76. The van der Waals surface area contributed by atoms with Gasteiger partial charge in [-0.1, -0.05) is 19.6 Å². The van der Waals surface area contributed by atoms with Crippen molar-refractivity contribution in [3.8, 4) is 5.88 Å². The Kier molecular flexibility index (Phi) is 6.96. The number of amides is 1. The minimum Gasteiger partial charge on any atom is -0.530 e. The third-order valence-corrected chi connectivity index (χ3v) is 5.41.